The van der Waals surface area contributed by atoms with E-state index < -0.39 is 22.2 Å². The van der Waals surface area contributed by atoms with Gasteiger partial charge in [-0.05, 0) is 133 Å². The van der Waals surface area contributed by atoms with Gasteiger partial charge in [0.05, 0.1) is 12.2 Å². The zero-order chi connectivity index (χ0) is 41.8. The summed E-state index contributed by atoms with van der Waals surface area (Å²) in [6.07, 6.45) is 1.61. The monoisotopic (exact) mass is 934 g/mol. The van der Waals surface area contributed by atoms with Crippen LogP contribution in [0.3, 0.4) is 0 Å². The smallest absolute Gasteiger partial charge is 0.457 e. The molecule has 4 unspecified atom stereocenters. The van der Waals surface area contributed by atoms with Crippen molar-refractivity contribution in [3.8, 4) is 34.5 Å². The minimum Gasteiger partial charge on any atom is -0.457 e. The van der Waals surface area contributed by atoms with E-state index in [1.54, 1.807) is 24.3 Å². The first-order chi connectivity index (χ1) is 28.3. The van der Waals surface area contributed by atoms with E-state index in [-0.39, 0.29) is 23.3 Å². The van der Waals surface area contributed by atoms with Gasteiger partial charge in [0.1, 0.15) is 34.5 Å². The van der Waals surface area contributed by atoms with Crippen LogP contribution in [0.5, 0.6) is 34.5 Å². The highest BCUT2D eigenvalue weighted by molar-refractivity contribution is 9.10. The van der Waals surface area contributed by atoms with E-state index in [1.807, 2.05) is 133 Å². The van der Waals surface area contributed by atoms with Gasteiger partial charge in [-0.3, -0.25) is 0 Å². The lowest BCUT2D eigenvalue weighted by molar-refractivity contribution is -0.0810. The Hall–Kier alpha value is -4.84. The minimum absolute atomic E-state index is 0.0345. The van der Waals surface area contributed by atoms with Crippen molar-refractivity contribution in [3.63, 3.8) is 0 Å². The summed E-state index contributed by atoms with van der Waals surface area (Å²) < 4.78 is 83.7. The maximum Gasteiger partial charge on any atom is 0.459 e. The van der Waals surface area contributed by atoms with E-state index in [0.717, 1.165) is 35.1 Å². The van der Waals surface area contributed by atoms with Crippen molar-refractivity contribution in [3.05, 3.63) is 180 Å². The molecule has 0 aliphatic rings. The molecule has 6 aromatic rings. The van der Waals surface area contributed by atoms with Crippen molar-refractivity contribution in [2.45, 2.75) is 73.6 Å². The van der Waals surface area contributed by atoms with Crippen molar-refractivity contribution < 1.29 is 41.2 Å². The van der Waals surface area contributed by atoms with Gasteiger partial charge in [-0.15, -0.1) is 0 Å². The number of hydrogen-bond acceptors (Lipinski definition) is 5. The van der Waals surface area contributed by atoms with Gasteiger partial charge in [0, 0.05) is 31.9 Å². The molecule has 4 atom stereocenters. The molecule has 0 aromatic heterocycles. The van der Waals surface area contributed by atoms with E-state index in [0.29, 0.717) is 35.8 Å². The Bertz CT molecular complexity index is 2020. The van der Waals surface area contributed by atoms with Crippen LogP contribution in [0.1, 0.15) is 85.8 Å². The molecule has 0 heterocycles. The SMILES string of the molecule is CCC(CC(OC(CC(CC)c1ccc(OC(F)(F)Br)cc1)c1cccc(Oc2ccccc2)c1)c1cccc(Oc2ccccc2)c1)c1ccc(OC(F)(F)Br)cc1. The molecule has 0 saturated heterocycles. The molecule has 6 aromatic carbocycles. The summed E-state index contributed by atoms with van der Waals surface area (Å²) in [4.78, 5) is 0. The van der Waals surface area contributed by atoms with E-state index in [4.69, 9.17) is 23.7 Å². The lowest BCUT2D eigenvalue weighted by Crippen LogP contribution is -2.17. The maximum absolute atomic E-state index is 13.6. The zero-order valence-corrected chi connectivity index (χ0v) is 35.6. The molecule has 0 amide bonds. The van der Waals surface area contributed by atoms with Crippen LogP contribution in [0.25, 0.3) is 0 Å². The quantitative estimate of drug-likeness (QED) is 0.0564. The number of alkyl halides is 6. The minimum atomic E-state index is -3.49. The van der Waals surface area contributed by atoms with Crippen molar-refractivity contribution in [1.29, 1.82) is 0 Å². The van der Waals surface area contributed by atoms with Crippen LogP contribution in [0.15, 0.2) is 158 Å². The number of ether oxygens (including phenoxy) is 5. The highest BCUT2D eigenvalue weighted by Crippen LogP contribution is 2.43. The van der Waals surface area contributed by atoms with Crippen LogP contribution in [-0.2, 0) is 4.74 Å². The Morgan fingerprint density at radius 3 is 1.12 bits per heavy atom. The molecule has 11 heteroatoms. The van der Waals surface area contributed by atoms with E-state index in [9.17, 15) is 17.6 Å². The van der Waals surface area contributed by atoms with Gasteiger partial charge in [0.2, 0.25) is 0 Å². The first-order valence-electron chi connectivity index (χ1n) is 19.4. The molecule has 0 spiro atoms. The van der Waals surface area contributed by atoms with E-state index >= 15 is 0 Å². The molecule has 0 fully saturated rings. The lowest BCUT2D eigenvalue weighted by atomic mass is 9.87. The number of hydrogen-bond donors (Lipinski definition) is 0. The van der Waals surface area contributed by atoms with Gasteiger partial charge in [-0.25, -0.2) is 0 Å². The van der Waals surface area contributed by atoms with Crippen LogP contribution in [-0.4, -0.2) is 10.0 Å². The van der Waals surface area contributed by atoms with Gasteiger partial charge >= 0.3 is 10.0 Å². The van der Waals surface area contributed by atoms with Crippen LogP contribution in [0.2, 0.25) is 0 Å². The first-order valence-corrected chi connectivity index (χ1v) is 20.9. The second-order valence-corrected chi connectivity index (χ2v) is 15.9. The molecule has 0 aliphatic heterocycles. The molecule has 0 N–H and O–H groups in total. The molecule has 308 valence electrons. The Morgan fingerprint density at radius 2 is 0.780 bits per heavy atom. The van der Waals surface area contributed by atoms with E-state index in [1.165, 1.54) is 0 Å². The average Bonchev–Trinajstić information content (AvgIpc) is 3.21. The summed E-state index contributed by atoms with van der Waals surface area (Å²) in [5, 5.41) is -6.98. The molecule has 0 radical (unpaired) electrons. The number of rotatable bonds is 20. The summed E-state index contributed by atoms with van der Waals surface area (Å²) >= 11 is 4.50. The number of benzene rings is 6. The predicted octanol–water partition coefficient (Wildman–Crippen LogP) is 15.9. The Labute approximate surface area is 359 Å². The third-order valence-corrected chi connectivity index (χ3v) is 10.2. The molecule has 0 aliphatic carbocycles. The maximum atomic E-state index is 13.6. The van der Waals surface area contributed by atoms with Gasteiger partial charge < -0.3 is 23.7 Å². The summed E-state index contributed by atoms with van der Waals surface area (Å²) in [6.45, 7) is 4.17. The first kappa shape index (κ1) is 43.7. The van der Waals surface area contributed by atoms with Crippen molar-refractivity contribution in [2.75, 3.05) is 0 Å². The third-order valence-electron chi connectivity index (χ3n) is 9.90. The molecular formula is C48H44Br2F4O5. The molecular weight excluding hydrogens is 892 g/mol. The molecule has 0 bridgehead atoms. The number of halogens is 6. The van der Waals surface area contributed by atoms with Crippen molar-refractivity contribution in [1.82, 2.24) is 0 Å². The molecule has 6 rings (SSSR count). The normalized spacial score (nSPS) is 13.8. The Balaban J connectivity index is 1.38. The van der Waals surface area contributed by atoms with Crippen LogP contribution in [0, 0.1) is 0 Å². The van der Waals surface area contributed by atoms with Gasteiger partial charge in [-0.1, -0.05) is 98.8 Å². The highest BCUT2D eigenvalue weighted by atomic mass is 79.9. The lowest BCUT2D eigenvalue weighted by Gasteiger charge is -2.31. The van der Waals surface area contributed by atoms with Crippen molar-refractivity contribution >= 4 is 31.9 Å². The van der Waals surface area contributed by atoms with Crippen molar-refractivity contribution in [2.24, 2.45) is 0 Å². The molecule has 0 saturated carbocycles. The average molecular weight is 937 g/mol. The summed E-state index contributed by atoms with van der Waals surface area (Å²) in [5.74, 6) is 2.68. The third kappa shape index (κ3) is 13.6. The Morgan fingerprint density at radius 1 is 0.424 bits per heavy atom. The second kappa shape index (κ2) is 20.4. The second-order valence-electron chi connectivity index (χ2n) is 14.0. The zero-order valence-electron chi connectivity index (χ0n) is 32.5. The fourth-order valence-electron chi connectivity index (χ4n) is 7.02. The standard InChI is InChI=1S/C48H44Br2F4O5/c1-3-33(35-21-25-41(26-22-35)58-47(49,51)52)31-45(37-13-11-19-43(29-37)55-39-15-7-5-8-16-39)57-46(38-14-12-20-44(30-38)56-40-17-9-6-10-18-40)32-34(4-2)36-23-27-42(28-24-36)59-48(50,53)54/h5-30,33-34,45-46H,3-4,31-32H2,1-2H3. The van der Waals surface area contributed by atoms with Crippen LogP contribution in [0.4, 0.5) is 17.6 Å². The summed E-state index contributed by atoms with van der Waals surface area (Å²) in [7, 11) is 0. The van der Waals surface area contributed by atoms with Gasteiger partial charge in [0.15, 0.2) is 0 Å². The fourth-order valence-corrected chi connectivity index (χ4v) is 7.40. The largest absolute Gasteiger partial charge is 0.459 e. The molecule has 5 nitrogen and oxygen atoms in total. The topological polar surface area (TPSA) is 46.2 Å². The fraction of sp³-hybridized carbons (Fsp3) is 0.250. The molecule has 59 heavy (non-hydrogen) atoms. The Kier molecular flexibility index (Phi) is 15.1. The van der Waals surface area contributed by atoms with Gasteiger partial charge in [0.25, 0.3) is 0 Å². The summed E-state index contributed by atoms with van der Waals surface area (Å²) in [6, 6.07) is 48.1. The van der Waals surface area contributed by atoms with E-state index in [2.05, 4.69) is 45.7 Å². The predicted molar refractivity (Wildman–Crippen MR) is 230 cm³/mol. The summed E-state index contributed by atoms with van der Waals surface area (Å²) in [5.41, 5.74) is 3.67. The van der Waals surface area contributed by atoms with Gasteiger partial charge in [-0.2, -0.15) is 17.6 Å². The van der Waals surface area contributed by atoms with Crippen LogP contribution < -0.4 is 18.9 Å². The highest BCUT2D eigenvalue weighted by Gasteiger charge is 2.30. The van der Waals surface area contributed by atoms with Crippen LogP contribution >= 0.6 is 31.9 Å². The number of para-hydroxylation sites is 2.